The Morgan fingerprint density at radius 2 is 1.54 bits per heavy atom. The molecular formula is C14H6Br2Cl2F6N2. The molecule has 26 heavy (non-hydrogen) atoms. The molecule has 0 amide bonds. The normalized spacial score (nSPS) is 19.7. The van der Waals surface area contributed by atoms with Crippen LogP contribution in [0.2, 0.25) is 10.0 Å². The van der Waals surface area contributed by atoms with Crippen LogP contribution in [0.1, 0.15) is 29.2 Å². The molecule has 3 rings (SSSR count). The van der Waals surface area contributed by atoms with Gasteiger partial charge in [0.2, 0.25) is 0 Å². The fourth-order valence-corrected chi connectivity index (χ4v) is 4.28. The van der Waals surface area contributed by atoms with E-state index in [1.165, 1.54) is 0 Å². The second-order valence-corrected chi connectivity index (χ2v) is 10.4. The third-order valence-corrected chi connectivity index (χ3v) is 6.11. The molecule has 0 saturated heterocycles. The van der Waals surface area contributed by atoms with Crippen LogP contribution in [-0.4, -0.2) is 13.0 Å². The maximum absolute atomic E-state index is 13.3. The number of benzene rings is 1. The van der Waals surface area contributed by atoms with E-state index in [2.05, 4.69) is 37.0 Å². The zero-order valence-corrected chi connectivity index (χ0v) is 16.9. The molecule has 1 fully saturated rings. The molecule has 2 nitrogen and oxygen atoms in total. The summed E-state index contributed by atoms with van der Waals surface area (Å²) in [6, 6.07) is 1.18. The molecule has 1 saturated carbocycles. The molecule has 12 heteroatoms. The van der Waals surface area contributed by atoms with E-state index in [1.54, 1.807) is 0 Å². The van der Waals surface area contributed by atoms with Gasteiger partial charge in [-0.25, -0.2) is 4.68 Å². The van der Waals surface area contributed by atoms with E-state index in [-0.39, 0.29) is 11.3 Å². The number of hydrogen-bond acceptors (Lipinski definition) is 1. The van der Waals surface area contributed by atoms with Crippen molar-refractivity contribution in [3.8, 4) is 5.69 Å². The summed E-state index contributed by atoms with van der Waals surface area (Å²) in [6.45, 7) is 0. The van der Waals surface area contributed by atoms with Crippen LogP contribution in [0.25, 0.3) is 5.69 Å². The molecule has 1 unspecified atom stereocenters. The van der Waals surface area contributed by atoms with E-state index in [0.29, 0.717) is 18.6 Å². The molecule has 142 valence electrons. The number of rotatable bonds is 2. The smallest absolute Gasteiger partial charge is 0.237 e. The van der Waals surface area contributed by atoms with Crippen LogP contribution in [0.3, 0.4) is 0 Å². The number of alkyl halides is 8. The Morgan fingerprint density at radius 1 is 1.04 bits per heavy atom. The molecule has 1 atom stereocenters. The van der Waals surface area contributed by atoms with E-state index in [1.807, 2.05) is 0 Å². The van der Waals surface area contributed by atoms with Crippen molar-refractivity contribution in [3.05, 3.63) is 45.2 Å². The molecule has 2 aromatic rings. The summed E-state index contributed by atoms with van der Waals surface area (Å²) < 4.78 is 78.5. The van der Waals surface area contributed by atoms with E-state index in [4.69, 9.17) is 23.2 Å². The molecule has 0 radical (unpaired) electrons. The molecule has 0 spiro atoms. The minimum Gasteiger partial charge on any atom is -0.237 e. The molecule has 1 aromatic carbocycles. The minimum atomic E-state index is -4.75. The lowest BCUT2D eigenvalue weighted by Gasteiger charge is -2.12. The van der Waals surface area contributed by atoms with Gasteiger partial charge in [-0.2, -0.15) is 31.4 Å². The topological polar surface area (TPSA) is 17.8 Å². The highest BCUT2D eigenvalue weighted by Crippen LogP contribution is 2.63. The van der Waals surface area contributed by atoms with Crippen molar-refractivity contribution in [1.29, 1.82) is 0 Å². The maximum Gasteiger partial charge on any atom is 0.435 e. The predicted molar refractivity (Wildman–Crippen MR) is 91.5 cm³/mol. The van der Waals surface area contributed by atoms with Gasteiger partial charge in [-0.3, -0.25) is 0 Å². The fraction of sp³-hybridized carbons (Fsp3) is 0.357. The summed E-state index contributed by atoms with van der Waals surface area (Å²) in [7, 11) is 0. The van der Waals surface area contributed by atoms with Crippen molar-refractivity contribution in [1.82, 2.24) is 9.78 Å². The summed E-state index contributed by atoms with van der Waals surface area (Å²) in [4.78, 5) is 0. The van der Waals surface area contributed by atoms with Gasteiger partial charge >= 0.3 is 12.4 Å². The quantitative estimate of drug-likeness (QED) is 0.288. The van der Waals surface area contributed by atoms with Gasteiger partial charge in [0.15, 0.2) is 5.69 Å². The third kappa shape index (κ3) is 3.74. The summed E-state index contributed by atoms with van der Waals surface area (Å²) >= 11 is 18.2. The number of hydrogen-bond donors (Lipinski definition) is 0. The van der Waals surface area contributed by atoms with Crippen molar-refractivity contribution < 1.29 is 26.3 Å². The largest absolute Gasteiger partial charge is 0.435 e. The van der Waals surface area contributed by atoms with Crippen molar-refractivity contribution in [2.75, 3.05) is 0 Å². The molecule has 0 N–H and O–H groups in total. The summed E-state index contributed by atoms with van der Waals surface area (Å²) in [5.41, 5.74) is -2.62. The first-order chi connectivity index (χ1) is 11.7. The van der Waals surface area contributed by atoms with Gasteiger partial charge in [-0.1, -0.05) is 55.1 Å². The molecule has 1 heterocycles. The van der Waals surface area contributed by atoms with Crippen LogP contribution in [-0.2, 0) is 12.4 Å². The maximum atomic E-state index is 13.3. The minimum absolute atomic E-state index is 0.113. The highest BCUT2D eigenvalue weighted by Gasteiger charge is 2.55. The van der Waals surface area contributed by atoms with E-state index in [0.717, 1.165) is 10.9 Å². The van der Waals surface area contributed by atoms with Crippen LogP contribution in [0.15, 0.2) is 18.3 Å². The van der Waals surface area contributed by atoms with Gasteiger partial charge < -0.3 is 0 Å². The Morgan fingerprint density at radius 3 is 1.92 bits per heavy atom. The van der Waals surface area contributed by atoms with Crippen LogP contribution in [0.5, 0.6) is 0 Å². The first kappa shape index (κ1) is 20.3. The van der Waals surface area contributed by atoms with Gasteiger partial charge in [0.05, 0.1) is 18.8 Å². The van der Waals surface area contributed by atoms with E-state index >= 15 is 0 Å². The van der Waals surface area contributed by atoms with Crippen molar-refractivity contribution in [3.63, 3.8) is 0 Å². The SMILES string of the molecule is FC(F)(F)c1cc(Cl)c(-n2cc(C3CC3(Br)Br)c(C(F)(F)F)n2)c(Cl)c1. The molecule has 0 aliphatic heterocycles. The number of aromatic nitrogens is 2. The van der Waals surface area contributed by atoms with Crippen LogP contribution < -0.4 is 0 Å². The highest BCUT2D eigenvalue weighted by atomic mass is 79.9. The van der Waals surface area contributed by atoms with Crippen molar-refractivity contribution in [2.24, 2.45) is 0 Å². The molecule has 0 bridgehead atoms. The first-order valence-corrected chi connectivity index (χ1v) is 9.17. The number of halogens is 10. The Labute approximate surface area is 169 Å². The lowest BCUT2D eigenvalue weighted by atomic mass is 10.1. The molecule has 1 aliphatic rings. The Balaban J connectivity index is 2.14. The number of nitrogens with zero attached hydrogens (tertiary/aromatic N) is 2. The zero-order chi connectivity index (χ0) is 19.7. The molecular weight excluding hydrogens is 541 g/mol. The lowest BCUT2D eigenvalue weighted by Crippen LogP contribution is -2.10. The summed E-state index contributed by atoms with van der Waals surface area (Å²) in [5, 5.41) is 2.56. The fourth-order valence-electron chi connectivity index (χ4n) is 2.48. The van der Waals surface area contributed by atoms with Gasteiger partial charge in [-0.05, 0) is 18.6 Å². The van der Waals surface area contributed by atoms with Gasteiger partial charge in [-0.15, -0.1) is 0 Å². The Hall–Kier alpha value is -0.450. The van der Waals surface area contributed by atoms with E-state index in [9.17, 15) is 26.3 Å². The lowest BCUT2D eigenvalue weighted by molar-refractivity contribution is -0.142. The van der Waals surface area contributed by atoms with E-state index < -0.39 is 42.8 Å². The van der Waals surface area contributed by atoms with Crippen LogP contribution in [0, 0.1) is 0 Å². The average molecular weight is 547 g/mol. The highest BCUT2D eigenvalue weighted by molar-refractivity contribution is 9.25. The van der Waals surface area contributed by atoms with Crippen LogP contribution >= 0.6 is 55.1 Å². The zero-order valence-electron chi connectivity index (χ0n) is 12.2. The van der Waals surface area contributed by atoms with Gasteiger partial charge in [0, 0.05) is 17.7 Å². The summed E-state index contributed by atoms with van der Waals surface area (Å²) in [5.74, 6) is -0.514. The standard InChI is InChI=1S/C14H6Br2Cl2F6N2/c15-12(16)3-7(12)6-4-26(25-11(6)14(22,23)24)10-8(17)1-5(2-9(10)18)13(19,20)21/h1-2,4,7H,3H2. The molecule has 1 aliphatic carbocycles. The third-order valence-electron chi connectivity index (χ3n) is 3.79. The Bertz CT molecular complexity index is 852. The monoisotopic (exact) mass is 544 g/mol. The van der Waals surface area contributed by atoms with Crippen molar-refractivity contribution in [2.45, 2.75) is 27.9 Å². The molecule has 1 aromatic heterocycles. The second-order valence-electron chi connectivity index (χ2n) is 5.68. The van der Waals surface area contributed by atoms with Gasteiger partial charge in [0.1, 0.15) is 5.69 Å². The van der Waals surface area contributed by atoms with Crippen LogP contribution in [0.4, 0.5) is 26.3 Å². The van der Waals surface area contributed by atoms with Gasteiger partial charge in [0.25, 0.3) is 0 Å². The summed E-state index contributed by atoms with van der Waals surface area (Å²) in [6.07, 6.45) is -7.98. The average Bonchev–Trinajstić information content (AvgIpc) is 2.89. The predicted octanol–water partition coefficient (Wildman–Crippen LogP) is 7.19. The Kier molecular flexibility index (Phi) is 4.90. The second kappa shape index (κ2) is 6.28. The first-order valence-electron chi connectivity index (χ1n) is 6.83. The van der Waals surface area contributed by atoms with Crippen molar-refractivity contribution >= 4 is 55.1 Å².